The van der Waals surface area contributed by atoms with E-state index in [2.05, 4.69) is 30.4 Å². The molecule has 1 aliphatic heterocycles. The topological polar surface area (TPSA) is 91.9 Å². The third-order valence-corrected chi connectivity index (χ3v) is 6.65. The molecule has 0 unspecified atom stereocenters. The number of aromatic nitrogens is 5. The van der Waals surface area contributed by atoms with Crippen molar-refractivity contribution in [1.82, 2.24) is 30.0 Å². The van der Waals surface area contributed by atoms with Crippen LogP contribution >= 0.6 is 11.6 Å². The van der Waals surface area contributed by atoms with Gasteiger partial charge in [-0.15, -0.1) is 10.2 Å². The minimum absolute atomic E-state index is 0.561. The van der Waals surface area contributed by atoms with E-state index in [0.717, 1.165) is 52.6 Å². The Kier molecular flexibility index (Phi) is 5.89. The van der Waals surface area contributed by atoms with E-state index in [4.69, 9.17) is 21.3 Å². The van der Waals surface area contributed by atoms with E-state index in [1.807, 2.05) is 48.7 Å². The summed E-state index contributed by atoms with van der Waals surface area (Å²) in [6, 6.07) is 13.7. The summed E-state index contributed by atoms with van der Waals surface area (Å²) >= 11 is 6.57. The maximum absolute atomic E-state index is 6.57. The van der Waals surface area contributed by atoms with Gasteiger partial charge in [0, 0.05) is 46.3 Å². The number of hydrogen-bond acceptors (Lipinski definition) is 7. The molecule has 2 aromatic carbocycles. The number of nitrogens with one attached hydrogen (secondary N) is 2. The Morgan fingerprint density at radius 1 is 1.06 bits per heavy atom. The third-order valence-electron chi connectivity index (χ3n) is 6.36. The summed E-state index contributed by atoms with van der Waals surface area (Å²) in [6.07, 6.45) is 7.74. The highest BCUT2D eigenvalue weighted by molar-refractivity contribution is 6.32. The number of halogens is 1. The summed E-state index contributed by atoms with van der Waals surface area (Å²) in [5.74, 6) is 2.06. The molecular weight excluding hydrogens is 462 g/mol. The number of nitrogens with zero attached hydrogens (tertiary/aromatic N) is 5. The standard InChI is InChI=1S/C26H24ClN7O/c27-22-14-17(6-7-23(22)35-13-12-34-10-1-2-11-34)31-26-19-8-9-28-15-21(19)18-4-3-5-20(24(18)32-26)25-29-16-30-33-25/h3-9,14-16H,1-2,10-13H2,(H,31,32)(H,29,30,33). The Bertz CT molecular complexity index is 1480. The molecule has 0 bridgehead atoms. The molecular formula is C26H24ClN7O. The van der Waals surface area contributed by atoms with Crippen LogP contribution in [0.3, 0.4) is 0 Å². The summed E-state index contributed by atoms with van der Waals surface area (Å²) < 4.78 is 5.95. The van der Waals surface area contributed by atoms with Gasteiger partial charge in [-0.2, -0.15) is 0 Å². The maximum atomic E-state index is 6.57. The van der Waals surface area contributed by atoms with E-state index in [1.165, 1.54) is 12.8 Å². The molecule has 1 saturated heterocycles. The van der Waals surface area contributed by atoms with Gasteiger partial charge >= 0.3 is 0 Å². The van der Waals surface area contributed by atoms with Gasteiger partial charge in [-0.25, -0.2) is 4.98 Å². The van der Waals surface area contributed by atoms with Crippen LogP contribution in [0, 0.1) is 0 Å². The van der Waals surface area contributed by atoms with E-state index < -0.39 is 0 Å². The van der Waals surface area contributed by atoms with Crippen molar-refractivity contribution in [3.8, 4) is 17.1 Å². The molecule has 1 fully saturated rings. The Labute approximate surface area is 207 Å². The number of aromatic amines is 1. The number of ether oxygens (including phenoxy) is 1. The lowest BCUT2D eigenvalue weighted by Crippen LogP contribution is -2.25. The minimum Gasteiger partial charge on any atom is -0.491 e. The van der Waals surface area contributed by atoms with Gasteiger partial charge in [-0.3, -0.25) is 9.88 Å². The quantitative estimate of drug-likeness (QED) is 0.296. The highest BCUT2D eigenvalue weighted by Gasteiger charge is 2.15. The van der Waals surface area contributed by atoms with E-state index in [1.54, 1.807) is 12.5 Å². The summed E-state index contributed by atoms with van der Waals surface area (Å²) in [5, 5.41) is 15.1. The largest absolute Gasteiger partial charge is 0.491 e. The molecule has 2 N–H and O–H groups in total. The first-order chi connectivity index (χ1) is 17.3. The molecule has 4 heterocycles. The molecule has 0 amide bonds. The second kappa shape index (κ2) is 9.48. The molecule has 35 heavy (non-hydrogen) atoms. The predicted molar refractivity (Wildman–Crippen MR) is 138 cm³/mol. The molecule has 3 aromatic heterocycles. The van der Waals surface area contributed by atoms with Crippen molar-refractivity contribution in [3.63, 3.8) is 0 Å². The number of rotatable bonds is 7. The van der Waals surface area contributed by atoms with Gasteiger partial charge in [0.15, 0.2) is 5.82 Å². The zero-order chi connectivity index (χ0) is 23.6. The van der Waals surface area contributed by atoms with E-state index in [-0.39, 0.29) is 0 Å². The number of H-pyrrole nitrogens is 1. The SMILES string of the molecule is Clc1cc(Nc2nc3c(-c4nnc[nH]4)cccc3c3cnccc23)ccc1OCCN1CCCC1. The Balaban J connectivity index is 1.32. The third kappa shape index (κ3) is 4.38. The van der Waals surface area contributed by atoms with Crippen molar-refractivity contribution in [2.45, 2.75) is 12.8 Å². The van der Waals surface area contributed by atoms with Crippen molar-refractivity contribution in [2.24, 2.45) is 0 Å². The Morgan fingerprint density at radius 3 is 2.80 bits per heavy atom. The van der Waals surface area contributed by atoms with E-state index >= 15 is 0 Å². The van der Waals surface area contributed by atoms with Crippen LogP contribution in [0.15, 0.2) is 61.2 Å². The molecule has 5 aromatic rings. The first-order valence-corrected chi connectivity index (χ1v) is 12.1. The monoisotopic (exact) mass is 485 g/mol. The molecule has 1 aliphatic rings. The number of pyridine rings is 2. The number of para-hydroxylation sites is 1. The lowest BCUT2D eigenvalue weighted by atomic mass is 10.0. The van der Waals surface area contributed by atoms with E-state index in [0.29, 0.717) is 29.0 Å². The smallest absolute Gasteiger partial charge is 0.163 e. The van der Waals surface area contributed by atoms with Crippen LogP contribution < -0.4 is 10.1 Å². The lowest BCUT2D eigenvalue weighted by Gasteiger charge is -2.16. The fourth-order valence-electron chi connectivity index (χ4n) is 4.62. The molecule has 0 atom stereocenters. The second-order valence-corrected chi connectivity index (χ2v) is 9.00. The number of anilines is 2. The van der Waals surface area contributed by atoms with Gasteiger partial charge in [0.2, 0.25) is 0 Å². The first-order valence-electron chi connectivity index (χ1n) is 11.7. The Hall–Kier alpha value is -3.75. The number of fused-ring (bicyclic) bond motifs is 3. The zero-order valence-corrected chi connectivity index (χ0v) is 19.8. The highest BCUT2D eigenvalue weighted by atomic mass is 35.5. The lowest BCUT2D eigenvalue weighted by molar-refractivity contribution is 0.238. The fourth-order valence-corrected chi connectivity index (χ4v) is 4.85. The molecule has 0 aliphatic carbocycles. The van der Waals surface area contributed by atoms with Gasteiger partial charge in [0.1, 0.15) is 24.5 Å². The van der Waals surface area contributed by atoms with Gasteiger partial charge in [-0.1, -0.05) is 23.7 Å². The molecule has 0 spiro atoms. The van der Waals surface area contributed by atoms with Crippen LogP contribution in [-0.2, 0) is 0 Å². The summed E-state index contributed by atoms with van der Waals surface area (Å²) in [4.78, 5) is 14.8. The van der Waals surface area contributed by atoms with Crippen LogP contribution in [0.2, 0.25) is 5.02 Å². The average molecular weight is 486 g/mol. The first kappa shape index (κ1) is 21.8. The van der Waals surface area contributed by atoms with Crippen molar-refractivity contribution in [2.75, 3.05) is 31.6 Å². The number of likely N-dealkylation sites (tertiary alicyclic amines) is 1. The van der Waals surface area contributed by atoms with E-state index in [9.17, 15) is 0 Å². The second-order valence-electron chi connectivity index (χ2n) is 8.59. The molecule has 6 rings (SSSR count). The predicted octanol–water partition coefficient (Wildman–Crippen LogP) is 5.44. The van der Waals surface area contributed by atoms with Crippen molar-refractivity contribution >= 4 is 44.8 Å². The van der Waals surface area contributed by atoms with Crippen LogP contribution in [0.5, 0.6) is 5.75 Å². The zero-order valence-electron chi connectivity index (χ0n) is 19.0. The number of hydrogen-bond donors (Lipinski definition) is 2. The van der Waals surface area contributed by atoms with Crippen LogP contribution in [0.25, 0.3) is 33.1 Å². The van der Waals surface area contributed by atoms with Crippen LogP contribution in [0.4, 0.5) is 11.5 Å². The summed E-state index contributed by atoms with van der Waals surface area (Å²) in [6.45, 7) is 3.85. The van der Waals surface area contributed by atoms with Gasteiger partial charge in [-0.05, 0) is 56.3 Å². The van der Waals surface area contributed by atoms with Gasteiger partial charge in [0.25, 0.3) is 0 Å². The fraction of sp³-hybridized carbons (Fsp3) is 0.231. The van der Waals surface area contributed by atoms with Gasteiger partial charge < -0.3 is 15.0 Å². The van der Waals surface area contributed by atoms with Crippen LogP contribution in [-0.4, -0.2) is 56.3 Å². The summed E-state index contributed by atoms with van der Waals surface area (Å²) in [5.41, 5.74) is 2.50. The average Bonchev–Trinajstić information content (AvgIpc) is 3.60. The molecule has 0 radical (unpaired) electrons. The molecule has 9 heteroatoms. The van der Waals surface area contributed by atoms with Crippen molar-refractivity contribution in [1.29, 1.82) is 0 Å². The maximum Gasteiger partial charge on any atom is 0.163 e. The molecule has 0 saturated carbocycles. The summed E-state index contributed by atoms with van der Waals surface area (Å²) in [7, 11) is 0. The molecule has 8 nitrogen and oxygen atoms in total. The minimum atomic E-state index is 0.561. The molecule has 176 valence electrons. The van der Waals surface area contributed by atoms with Crippen LogP contribution in [0.1, 0.15) is 12.8 Å². The highest BCUT2D eigenvalue weighted by Crippen LogP contribution is 2.35. The normalized spacial score (nSPS) is 14.1. The number of benzene rings is 2. The van der Waals surface area contributed by atoms with Crippen molar-refractivity contribution in [3.05, 3.63) is 66.2 Å². The van der Waals surface area contributed by atoms with Crippen molar-refractivity contribution < 1.29 is 4.74 Å². The van der Waals surface area contributed by atoms with Gasteiger partial charge in [0.05, 0.1) is 10.5 Å². The Morgan fingerprint density at radius 2 is 1.97 bits per heavy atom.